The minimum Gasteiger partial charge on any atom is -0.440 e. The largest absolute Gasteiger partial charge is 0.440 e. The zero-order valence-electron chi connectivity index (χ0n) is 31.5. The zero-order chi connectivity index (χ0) is 38.5. The third-order valence-electron chi connectivity index (χ3n) is 12.0. The summed E-state index contributed by atoms with van der Waals surface area (Å²) in [6.07, 6.45) is 0.820. The van der Waals surface area contributed by atoms with Crippen LogP contribution in [0.1, 0.15) is 35.0 Å². The predicted molar refractivity (Wildman–Crippen MR) is 231 cm³/mol. The van der Waals surface area contributed by atoms with Gasteiger partial charge in [-0.25, -0.2) is 19.9 Å². The summed E-state index contributed by atoms with van der Waals surface area (Å²) >= 11 is 0. The summed E-state index contributed by atoms with van der Waals surface area (Å²) in [5, 5.41) is 0.892. The Bertz CT molecular complexity index is 3240. The summed E-state index contributed by atoms with van der Waals surface area (Å²) in [5.74, 6) is 2.90. The molecule has 7 aromatic carbocycles. The average Bonchev–Trinajstić information content (AvgIpc) is 4.01. The summed E-state index contributed by atoms with van der Waals surface area (Å²) in [4.78, 5) is 20.2. The Morgan fingerprint density at radius 1 is 0.534 bits per heavy atom. The lowest BCUT2D eigenvalue weighted by Gasteiger charge is -2.30. The molecule has 0 radical (unpaired) electrons. The van der Waals surface area contributed by atoms with Gasteiger partial charge in [-0.1, -0.05) is 140 Å². The van der Waals surface area contributed by atoms with Crippen LogP contribution in [-0.4, -0.2) is 24.5 Å². The van der Waals surface area contributed by atoms with E-state index in [0.29, 0.717) is 28.6 Å². The molecule has 3 aromatic heterocycles. The van der Waals surface area contributed by atoms with Gasteiger partial charge in [-0.15, -0.1) is 0 Å². The normalized spacial score (nSPS) is 14.8. The van der Waals surface area contributed by atoms with Crippen molar-refractivity contribution in [3.8, 4) is 62.1 Å². The van der Waals surface area contributed by atoms with Crippen molar-refractivity contribution in [3.63, 3.8) is 0 Å². The van der Waals surface area contributed by atoms with Crippen LogP contribution >= 0.6 is 0 Å². The molecule has 0 aliphatic heterocycles. The monoisotopic (exact) mass is 746 g/mol. The molecular formula is C51H34N6O. The number of nitrogen functional groups attached to an aromatic ring is 1. The molecule has 0 fully saturated rings. The van der Waals surface area contributed by atoms with Crippen LogP contribution in [0.15, 0.2) is 168 Å². The van der Waals surface area contributed by atoms with Crippen LogP contribution in [0, 0.1) is 0 Å². The molecule has 7 heteroatoms. The number of nitrogens with zero attached hydrogens (tertiary/aromatic N) is 5. The van der Waals surface area contributed by atoms with Gasteiger partial charge in [-0.05, 0) is 74.8 Å². The van der Waals surface area contributed by atoms with Crippen LogP contribution in [0.25, 0.3) is 84.1 Å². The number of nitrogens with two attached hydrogens (primary N) is 1. The highest BCUT2D eigenvalue weighted by molar-refractivity contribution is 6.12. The molecule has 2 N–H and O–H groups in total. The van der Waals surface area contributed by atoms with Gasteiger partial charge in [0.05, 0.1) is 22.0 Å². The van der Waals surface area contributed by atoms with Gasteiger partial charge in [-0.2, -0.15) is 0 Å². The van der Waals surface area contributed by atoms with Crippen LogP contribution in [0.5, 0.6) is 0 Å². The summed E-state index contributed by atoms with van der Waals surface area (Å²) < 4.78 is 8.77. The van der Waals surface area contributed by atoms with Crippen molar-refractivity contribution in [1.29, 1.82) is 0 Å². The van der Waals surface area contributed by atoms with E-state index in [1.807, 2.05) is 60.7 Å². The minimum atomic E-state index is -0.595. The van der Waals surface area contributed by atoms with E-state index in [-0.39, 0.29) is 5.88 Å². The molecule has 1 unspecified atom stereocenters. The first-order chi connectivity index (χ1) is 28.6. The summed E-state index contributed by atoms with van der Waals surface area (Å²) in [6, 6.07) is 57.3. The number of furan rings is 1. The summed E-state index contributed by atoms with van der Waals surface area (Å²) in [7, 11) is 0. The van der Waals surface area contributed by atoms with E-state index >= 15 is 0 Å². The Morgan fingerprint density at radius 3 is 1.84 bits per heavy atom. The molecule has 274 valence electrons. The summed E-state index contributed by atoms with van der Waals surface area (Å²) in [6.45, 7) is 2.17. The van der Waals surface area contributed by atoms with E-state index in [1.54, 1.807) is 0 Å². The van der Waals surface area contributed by atoms with E-state index in [0.717, 1.165) is 56.6 Å². The van der Waals surface area contributed by atoms with Gasteiger partial charge in [0.15, 0.2) is 17.5 Å². The highest BCUT2D eigenvalue weighted by Crippen LogP contribution is 2.64. The Balaban J connectivity index is 1.14. The minimum absolute atomic E-state index is 0.266. The molecule has 0 amide bonds. The molecule has 0 saturated carbocycles. The second kappa shape index (κ2) is 12.2. The van der Waals surface area contributed by atoms with Crippen LogP contribution in [0.4, 0.5) is 5.88 Å². The molecule has 0 saturated heterocycles. The maximum absolute atomic E-state index is 6.93. The highest BCUT2D eigenvalue weighted by Gasteiger charge is 2.52. The lowest BCUT2D eigenvalue weighted by molar-refractivity contribution is 0.637. The van der Waals surface area contributed by atoms with Gasteiger partial charge in [-0.3, -0.25) is 4.57 Å². The molecule has 2 aliphatic rings. The van der Waals surface area contributed by atoms with E-state index < -0.39 is 5.41 Å². The number of fused-ring (bicyclic) bond motifs is 13. The number of hydrogen-bond acceptors (Lipinski definition) is 6. The molecule has 0 bridgehead atoms. The Labute approximate surface area is 334 Å². The van der Waals surface area contributed by atoms with Crippen molar-refractivity contribution in [2.75, 3.05) is 5.73 Å². The van der Waals surface area contributed by atoms with E-state index in [1.165, 1.54) is 33.4 Å². The fourth-order valence-corrected chi connectivity index (χ4v) is 9.71. The Hall–Kier alpha value is -7.64. The molecule has 3 heterocycles. The Morgan fingerprint density at radius 2 is 1.12 bits per heavy atom. The fraction of sp³-hybridized carbons (Fsp3) is 0.0588. The maximum Gasteiger partial charge on any atom is 0.202 e. The van der Waals surface area contributed by atoms with Crippen molar-refractivity contribution < 1.29 is 4.42 Å². The standard InChI is InChI=1S/C51H34N6O/c1-2-43-53-40-23-13-14-24-41(40)57(43)32-25-26-38-35(29-32)33-19-9-11-21-36(33)51(38)37-22-12-10-20-34(37)44-39(51)27-28-42-45(44)46(47(52)58-42)50-55-48(30-15-5-3-6-16-30)54-49(56-50)31-17-7-4-8-18-31/h3-29H,2,52H2,1H3. The summed E-state index contributed by atoms with van der Waals surface area (Å²) in [5.41, 5.74) is 22.2. The van der Waals surface area contributed by atoms with E-state index in [4.69, 9.17) is 30.1 Å². The molecular weight excluding hydrogens is 713 g/mol. The highest BCUT2D eigenvalue weighted by atomic mass is 16.3. The number of benzene rings is 7. The van der Waals surface area contributed by atoms with Gasteiger partial charge in [0, 0.05) is 28.6 Å². The van der Waals surface area contributed by atoms with Crippen molar-refractivity contribution in [2.45, 2.75) is 18.8 Å². The number of hydrogen-bond donors (Lipinski definition) is 1. The van der Waals surface area contributed by atoms with Gasteiger partial charge >= 0.3 is 0 Å². The number of imidazole rings is 1. The van der Waals surface area contributed by atoms with Crippen molar-refractivity contribution >= 4 is 27.9 Å². The van der Waals surface area contributed by atoms with E-state index in [2.05, 4.69) is 115 Å². The van der Waals surface area contributed by atoms with Crippen LogP contribution in [0.3, 0.4) is 0 Å². The second-order valence-corrected chi connectivity index (χ2v) is 15.0. The molecule has 12 rings (SSSR count). The number of rotatable bonds is 5. The zero-order valence-corrected chi connectivity index (χ0v) is 31.5. The molecule has 1 atom stereocenters. The van der Waals surface area contributed by atoms with Crippen molar-refractivity contribution in [3.05, 3.63) is 192 Å². The quantitative estimate of drug-likeness (QED) is 0.188. The van der Waals surface area contributed by atoms with Crippen LogP contribution in [-0.2, 0) is 11.8 Å². The van der Waals surface area contributed by atoms with Crippen molar-refractivity contribution in [2.24, 2.45) is 0 Å². The number of aromatic nitrogens is 5. The third-order valence-corrected chi connectivity index (χ3v) is 12.0. The molecule has 58 heavy (non-hydrogen) atoms. The lowest BCUT2D eigenvalue weighted by Crippen LogP contribution is -2.25. The SMILES string of the molecule is CCc1nc2ccccc2n1-c1ccc2c(c1)-c1ccccc1C21c2ccccc2-c2c1ccc1oc(N)c(-c3nc(-c4ccccc4)nc(-c4ccccc4)n3)c21. The van der Waals surface area contributed by atoms with Gasteiger partial charge in [0.2, 0.25) is 5.88 Å². The number of para-hydroxylation sites is 2. The average molecular weight is 747 g/mol. The maximum atomic E-state index is 6.93. The first-order valence-corrected chi connectivity index (χ1v) is 19.7. The second-order valence-electron chi connectivity index (χ2n) is 15.0. The molecule has 7 nitrogen and oxygen atoms in total. The number of anilines is 1. The third kappa shape index (κ3) is 4.38. The smallest absolute Gasteiger partial charge is 0.202 e. The first-order valence-electron chi connectivity index (χ1n) is 19.7. The van der Waals surface area contributed by atoms with E-state index in [9.17, 15) is 0 Å². The van der Waals surface area contributed by atoms with Crippen LogP contribution < -0.4 is 5.73 Å². The van der Waals surface area contributed by atoms with Gasteiger partial charge in [0.25, 0.3) is 0 Å². The van der Waals surface area contributed by atoms with Gasteiger partial charge < -0.3 is 10.2 Å². The van der Waals surface area contributed by atoms with Gasteiger partial charge in [0.1, 0.15) is 11.4 Å². The molecule has 10 aromatic rings. The predicted octanol–water partition coefficient (Wildman–Crippen LogP) is 11.4. The number of aryl methyl sites for hydroxylation is 1. The molecule has 1 spiro atoms. The fourth-order valence-electron chi connectivity index (χ4n) is 9.71. The molecule has 2 aliphatic carbocycles. The Kier molecular flexibility index (Phi) is 6.84. The van der Waals surface area contributed by atoms with Crippen LogP contribution in [0.2, 0.25) is 0 Å². The first kappa shape index (κ1) is 32.6. The van der Waals surface area contributed by atoms with Crippen molar-refractivity contribution in [1.82, 2.24) is 24.5 Å². The topological polar surface area (TPSA) is 95.7 Å². The lowest BCUT2D eigenvalue weighted by atomic mass is 9.70.